The van der Waals surface area contributed by atoms with Crippen LogP contribution in [0.15, 0.2) is 6.33 Å². The maximum absolute atomic E-state index is 12.2. The molecule has 0 radical (unpaired) electrons. The second-order valence-electron chi connectivity index (χ2n) is 6.07. The van der Waals surface area contributed by atoms with Crippen LogP contribution < -0.4 is 11.1 Å². The van der Waals surface area contributed by atoms with Gasteiger partial charge in [0.25, 0.3) is 5.78 Å². The van der Waals surface area contributed by atoms with E-state index in [-0.39, 0.29) is 18.2 Å². The Balaban J connectivity index is 2.07. The molecule has 24 heavy (non-hydrogen) atoms. The number of carbonyl (C=O) groups is 2. The SMILES string of the molecule is CCC(C)C(NC(=O)CCc1c(C)nc2ncnn2c1C)C(N)=O. The van der Waals surface area contributed by atoms with Crippen molar-refractivity contribution in [1.29, 1.82) is 0 Å². The molecule has 2 amide bonds. The van der Waals surface area contributed by atoms with Crippen LogP contribution in [0.25, 0.3) is 5.78 Å². The van der Waals surface area contributed by atoms with Gasteiger partial charge in [-0.15, -0.1) is 0 Å². The molecule has 0 fully saturated rings. The Hall–Kier alpha value is -2.51. The van der Waals surface area contributed by atoms with Crippen molar-refractivity contribution in [2.24, 2.45) is 11.7 Å². The summed E-state index contributed by atoms with van der Waals surface area (Å²) in [6.07, 6.45) is 2.98. The maximum Gasteiger partial charge on any atom is 0.252 e. The highest BCUT2D eigenvalue weighted by Gasteiger charge is 2.23. The van der Waals surface area contributed by atoms with E-state index in [1.165, 1.54) is 6.33 Å². The van der Waals surface area contributed by atoms with Crippen LogP contribution in [-0.2, 0) is 16.0 Å². The van der Waals surface area contributed by atoms with Gasteiger partial charge in [-0.25, -0.2) is 9.50 Å². The molecule has 2 rings (SSSR count). The number of carbonyl (C=O) groups excluding carboxylic acids is 2. The zero-order valence-corrected chi connectivity index (χ0v) is 14.5. The molecule has 2 aromatic heterocycles. The first-order valence-electron chi connectivity index (χ1n) is 8.09. The van der Waals surface area contributed by atoms with E-state index < -0.39 is 11.9 Å². The van der Waals surface area contributed by atoms with E-state index in [2.05, 4.69) is 20.4 Å². The van der Waals surface area contributed by atoms with E-state index >= 15 is 0 Å². The molecule has 0 aliphatic heterocycles. The highest BCUT2D eigenvalue weighted by molar-refractivity contribution is 5.86. The fourth-order valence-corrected chi connectivity index (χ4v) is 2.73. The lowest BCUT2D eigenvalue weighted by atomic mass is 9.98. The van der Waals surface area contributed by atoms with Crippen LogP contribution in [0, 0.1) is 19.8 Å². The fraction of sp³-hybridized carbons (Fsp3) is 0.562. The molecule has 0 aromatic carbocycles. The molecule has 8 heteroatoms. The highest BCUT2D eigenvalue weighted by Crippen LogP contribution is 2.15. The number of amides is 2. The van der Waals surface area contributed by atoms with Crippen LogP contribution in [-0.4, -0.2) is 37.4 Å². The summed E-state index contributed by atoms with van der Waals surface area (Å²) in [7, 11) is 0. The highest BCUT2D eigenvalue weighted by atomic mass is 16.2. The molecule has 3 N–H and O–H groups in total. The first-order valence-corrected chi connectivity index (χ1v) is 8.09. The summed E-state index contributed by atoms with van der Waals surface area (Å²) < 4.78 is 1.66. The number of primary amides is 1. The van der Waals surface area contributed by atoms with E-state index in [0.29, 0.717) is 12.2 Å². The normalized spacial score (nSPS) is 13.7. The molecule has 0 saturated carbocycles. The zero-order chi connectivity index (χ0) is 17.9. The van der Waals surface area contributed by atoms with Crippen molar-refractivity contribution >= 4 is 17.6 Å². The largest absolute Gasteiger partial charge is 0.368 e. The van der Waals surface area contributed by atoms with Gasteiger partial charge in [0.15, 0.2) is 0 Å². The lowest BCUT2D eigenvalue weighted by Crippen LogP contribution is -2.48. The minimum Gasteiger partial charge on any atom is -0.368 e. The van der Waals surface area contributed by atoms with E-state index in [1.807, 2.05) is 27.7 Å². The van der Waals surface area contributed by atoms with Gasteiger partial charge in [0.2, 0.25) is 11.8 Å². The first kappa shape index (κ1) is 17.8. The second kappa shape index (κ2) is 7.37. The average molecular weight is 332 g/mol. The number of nitrogens with two attached hydrogens (primary N) is 1. The van der Waals surface area contributed by atoms with Gasteiger partial charge >= 0.3 is 0 Å². The van der Waals surface area contributed by atoms with Crippen LogP contribution >= 0.6 is 0 Å². The van der Waals surface area contributed by atoms with E-state index in [4.69, 9.17) is 5.73 Å². The zero-order valence-electron chi connectivity index (χ0n) is 14.5. The van der Waals surface area contributed by atoms with Crippen molar-refractivity contribution in [1.82, 2.24) is 24.9 Å². The minimum atomic E-state index is -0.638. The van der Waals surface area contributed by atoms with Crippen LogP contribution in [0.4, 0.5) is 0 Å². The quantitative estimate of drug-likeness (QED) is 0.774. The predicted octanol–water partition coefficient (Wildman–Crippen LogP) is 0.690. The van der Waals surface area contributed by atoms with Crippen LogP contribution in [0.2, 0.25) is 0 Å². The molecule has 0 spiro atoms. The van der Waals surface area contributed by atoms with Gasteiger partial charge in [-0.05, 0) is 31.7 Å². The number of aromatic nitrogens is 4. The maximum atomic E-state index is 12.2. The summed E-state index contributed by atoms with van der Waals surface area (Å²) in [6.45, 7) is 7.67. The van der Waals surface area contributed by atoms with Gasteiger partial charge in [-0.1, -0.05) is 20.3 Å². The Morgan fingerprint density at radius 1 is 1.38 bits per heavy atom. The summed E-state index contributed by atoms with van der Waals surface area (Å²) in [5, 5.41) is 6.87. The molecule has 0 bridgehead atoms. The number of nitrogens with one attached hydrogen (secondary N) is 1. The molecule has 0 aliphatic carbocycles. The Kier molecular flexibility index (Phi) is 5.48. The van der Waals surface area contributed by atoms with Crippen molar-refractivity contribution in [3.63, 3.8) is 0 Å². The molecule has 2 heterocycles. The number of fused-ring (bicyclic) bond motifs is 1. The number of hydrogen-bond donors (Lipinski definition) is 2. The summed E-state index contributed by atoms with van der Waals surface area (Å²) in [4.78, 5) is 32.2. The third-order valence-corrected chi connectivity index (χ3v) is 4.43. The van der Waals surface area contributed by atoms with Gasteiger partial charge < -0.3 is 11.1 Å². The lowest BCUT2D eigenvalue weighted by Gasteiger charge is -2.21. The summed E-state index contributed by atoms with van der Waals surface area (Å²) in [6, 6.07) is -0.638. The number of rotatable bonds is 7. The van der Waals surface area contributed by atoms with Crippen molar-refractivity contribution in [2.45, 2.75) is 53.0 Å². The third-order valence-electron chi connectivity index (χ3n) is 4.43. The molecule has 8 nitrogen and oxygen atoms in total. The summed E-state index contributed by atoms with van der Waals surface area (Å²) in [5.74, 6) is -0.154. The van der Waals surface area contributed by atoms with Crippen molar-refractivity contribution in [3.8, 4) is 0 Å². The molecule has 0 aliphatic rings. The molecular weight excluding hydrogens is 308 g/mol. The van der Waals surface area contributed by atoms with Gasteiger partial charge in [0, 0.05) is 17.8 Å². The monoisotopic (exact) mass is 332 g/mol. The fourth-order valence-electron chi connectivity index (χ4n) is 2.73. The van der Waals surface area contributed by atoms with E-state index in [9.17, 15) is 9.59 Å². The van der Waals surface area contributed by atoms with Gasteiger partial charge in [-0.2, -0.15) is 10.1 Å². The van der Waals surface area contributed by atoms with Gasteiger partial charge in [0.1, 0.15) is 12.4 Å². The molecule has 130 valence electrons. The molecule has 2 atom stereocenters. The van der Waals surface area contributed by atoms with E-state index in [0.717, 1.165) is 23.4 Å². The number of hydrogen-bond acceptors (Lipinski definition) is 5. The van der Waals surface area contributed by atoms with Gasteiger partial charge in [0.05, 0.1) is 0 Å². The minimum absolute atomic E-state index is 0.00286. The summed E-state index contributed by atoms with van der Waals surface area (Å²) in [5.41, 5.74) is 8.09. The Bertz CT molecular complexity index is 754. The van der Waals surface area contributed by atoms with Crippen molar-refractivity contribution in [2.75, 3.05) is 0 Å². The Labute approximate surface area is 140 Å². The van der Waals surface area contributed by atoms with Gasteiger partial charge in [-0.3, -0.25) is 9.59 Å². The summed E-state index contributed by atoms with van der Waals surface area (Å²) >= 11 is 0. The first-order chi connectivity index (χ1) is 11.3. The lowest BCUT2D eigenvalue weighted by molar-refractivity contribution is -0.128. The second-order valence-corrected chi connectivity index (χ2v) is 6.07. The van der Waals surface area contributed by atoms with Crippen molar-refractivity contribution in [3.05, 3.63) is 23.3 Å². The third kappa shape index (κ3) is 3.69. The smallest absolute Gasteiger partial charge is 0.252 e. The standard InChI is InChI=1S/C16H24N6O2/c1-5-9(2)14(15(17)24)21-13(23)7-6-12-10(3)20-16-18-8-19-22(16)11(12)4/h8-9,14H,5-7H2,1-4H3,(H2,17,24)(H,21,23). The predicted molar refractivity (Wildman–Crippen MR) is 89.2 cm³/mol. The van der Waals surface area contributed by atoms with Crippen molar-refractivity contribution < 1.29 is 9.59 Å². The topological polar surface area (TPSA) is 115 Å². The van der Waals surface area contributed by atoms with Crippen LogP contribution in [0.1, 0.15) is 43.6 Å². The number of aryl methyl sites for hydroxylation is 2. The molecule has 2 unspecified atom stereocenters. The Morgan fingerprint density at radius 3 is 2.71 bits per heavy atom. The van der Waals surface area contributed by atoms with E-state index in [1.54, 1.807) is 4.52 Å². The molecule has 0 saturated heterocycles. The average Bonchev–Trinajstić information content (AvgIpc) is 2.99. The Morgan fingerprint density at radius 2 is 2.08 bits per heavy atom. The molecule has 2 aromatic rings. The van der Waals surface area contributed by atoms with Crippen LogP contribution in [0.5, 0.6) is 0 Å². The molecular formula is C16H24N6O2. The number of nitrogens with zero attached hydrogens (tertiary/aromatic N) is 4. The van der Waals surface area contributed by atoms with Crippen LogP contribution in [0.3, 0.4) is 0 Å².